The van der Waals surface area contributed by atoms with Crippen LogP contribution in [-0.4, -0.2) is 15.0 Å². The van der Waals surface area contributed by atoms with Crippen molar-refractivity contribution in [1.82, 2.24) is 15.0 Å². The molecule has 0 radical (unpaired) electrons. The van der Waals surface area contributed by atoms with Gasteiger partial charge < -0.3 is 0 Å². The Morgan fingerprint density at radius 3 is 1.91 bits per heavy atom. The van der Waals surface area contributed by atoms with Crippen molar-refractivity contribution < 1.29 is 0 Å². The van der Waals surface area contributed by atoms with Crippen molar-refractivity contribution in [1.29, 1.82) is 0 Å². The van der Waals surface area contributed by atoms with Gasteiger partial charge in [-0.25, -0.2) is 9.97 Å². The fourth-order valence-electron chi connectivity index (χ4n) is 6.66. The molecule has 9 rings (SSSR count). The molecule has 0 spiro atoms. The highest BCUT2D eigenvalue weighted by Gasteiger charge is 2.21. The Balaban J connectivity index is 1.13. The predicted molar refractivity (Wildman–Crippen MR) is 197 cm³/mol. The van der Waals surface area contributed by atoms with E-state index in [0.717, 1.165) is 45.9 Å². The maximum Gasteiger partial charge on any atom is 0.160 e. The average molecular weight is 620 g/mol. The lowest BCUT2D eigenvalue weighted by atomic mass is 9.98. The largest absolute Gasteiger partial charge is 0.265 e. The predicted octanol–water partition coefficient (Wildman–Crippen LogP) is 11.3. The van der Waals surface area contributed by atoms with Crippen molar-refractivity contribution in [3.8, 4) is 44.9 Å². The van der Waals surface area contributed by atoms with Gasteiger partial charge >= 0.3 is 0 Å². The number of nitrogens with zero attached hydrogens (tertiary/aromatic N) is 3. The highest BCUT2D eigenvalue weighted by Crippen LogP contribution is 2.40. The Labute approximate surface area is 277 Å². The first-order valence-corrected chi connectivity index (χ1v) is 16.7. The highest BCUT2D eigenvalue weighted by molar-refractivity contribution is 7.18. The molecule has 0 amide bonds. The molecular weight excluding hydrogens is 591 g/mol. The summed E-state index contributed by atoms with van der Waals surface area (Å²) in [5.41, 5.74) is 13.7. The van der Waals surface area contributed by atoms with Gasteiger partial charge in [-0.1, -0.05) is 103 Å². The summed E-state index contributed by atoms with van der Waals surface area (Å²) in [6.45, 7) is 2.12. The van der Waals surface area contributed by atoms with Crippen LogP contribution in [0, 0.1) is 6.92 Å². The molecule has 3 aromatic heterocycles. The normalized spacial score (nSPS) is 12.4. The molecule has 0 aliphatic heterocycles. The zero-order valence-corrected chi connectivity index (χ0v) is 26.6. The summed E-state index contributed by atoms with van der Waals surface area (Å²) in [4.78, 5) is 14.5. The first-order valence-electron chi connectivity index (χ1n) is 15.9. The molecule has 0 fully saturated rings. The molecule has 222 valence electrons. The minimum atomic E-state index is 0.730. The van der Waals surface area contributed by atoms with E-state index < -0.39 is 0 Å². The van der Waals surface area contributed by atoms with Crippen molar-refractivity contribution in [2.24, 2.45) is 0 Å². The van der Waals surface area contributed by atoms with Crippen LogP contribution in [0.5, 0.6) is 0 Å². The van der Waals surface area contributed by atoms with Gasteiger partial charge in [-0.05, 0) is 97.8 Å². The topological polar surface area (TPSA) is 38.7 Å². The van der Waals surface area contributed by atoms with Gasteiger partial charge in [0.25, 0.3) is 0 Å². The van der Waals surface area contributed by atoms with Crippen LogP contribution in [-0.2, 0) is 6.42 Å². The number of benzene rings is 5. The Morgan fingerprint density at radius 2 is 1.17 bits per heavy atom. The lowest BCUT2D eigenvalue weighted by molar-refractivity contribution is 1.14. The third-order valence-electron chi connectivity index (χ3n) is 9.24. The van der Waals surface area contributed by atoms with E-state index in [4.69, 9.17) is 9.97 Å². The van der Waals surface area contributed by atoms with Crippen molar-refractivity contribution in [2.75, 3.05) is 0 Å². The van der Waals surface area contributed by atoms with Crippen LogP contribution in [0.3, 0.4) is 0 Å². The molecule has 0 unspecified atom stereocenters. The Hall–Kier alpha value is -5.71. The highest BCUT2D eigenvalue weighted by atomic mass is 32.1. The monoisotopic (exact) mass is 619 g/mol. The van der Waals surface area contributed by atoms with Crippen LogP contribution in [0.2, 0.25) is 0 Å². The number of hydrogen-bond acceptors (Lipinski definition) is 4. The summed E-state index contributed by atoms with van der Waals surface area (Å²) in [5, 5.41) is 6.15. The molecule has 0 bridgehead atoms. The molecule has 8 aromatic rings. The number of thiophene rings is 1. The smallest absolute Gasteiger partial charge is 0.160 e. The van der Waals surface area contributed by atoms with Crippen LogP contribution < -0.4 is 0 Å². The summed E-state index contributed by atoms with van der Waals surface area (Å²) in [5.74, 6) is 0.730. The number of aryl methyl sites for hydroxylation is 1. The maximum atomic E-state index is 5.21. The Kier molecular flexibility index (Phi) is 6.61. The Morgan fingerprint density at radius 1 is 0.553 bits per heavy atom. The SMILES string of the molecule is Cc1ccc(-c2ccc(-c3nc(C4=Cc5ccc6c(ccc7ccsc76)c5C4)cc(-c4ccc(-c5ccncc5)cc4)n3)cc2)cc1. The van der Waals surface area contributed by atoms with E-state index in [1.807, 2.05) is 35.9 Å². The van der Waals surface area contributed by atoms with Gasteiger partial charge in [-0.2, -0.15) is 0 Å². The average Bonchev–Trinajstić information content (AvgIpc) is 3.80. The van der Waals surface area contributed by atoms with Crippen molar-refractivity contribution in [3.63, 3.8) is 0 Å². The second kappa shape index (κ2) is 11.3. The van der Waals surface area contributed by atoms with E-state index in [1.54, 1.807) is 0 Å². The quantitative estimate of drug-likeness (QED) is 0.192. The minimum absolute atomic E-state index is 0.730. The van der Waals surface area contributed by atoms with Gasteiger partial charge in [0.2, 0.25) is 0 Å². The van der Waals surface area contributed by atoms with E-state index >= 15 is 0 Å². The zero-order valence-electron chi connectivity index (χ0n) is 25.8. The van der Waals surface area contributed by atoms with E-state index in [0.29, 0.717) is 0 Å². The minimum Gasteiger partial charge on any atom is -0.265 e. The van der Waals surface area contributed by atoms with E-state index in [1.165, 1.54) is 54.2 Å². The first kappa shape index (κ1) is 27.6. The van der Waals surface area contributed by atoms with Gasteiger partial charge in [-0.3, -0.25) is 4.98 Å². The maximum absolute atomic E-state index is 5.21. The van der Waals surface area contributed by atoms with Gasteiger partial charge in [-0.15, -0.1) is 11.3 Å². The first-order chi connectivity index (χ1) is 23.2. The van der Waals surface area contributed by atoms with E-state index in [9.17, 15) is 0 Å². The number of hydrogen-bond donors (Lipinski definition) is 0. The standard InChI is InChI=1S/C43H29N3S/c1-27-2-4-28(5-3-27)29-8-12-34(13-9-29)43-45-40(32-10-6-30(7-11-32)31-18-21-44-22-19-31)26-41(46-43)36-24-35-15-17-38-37(39(35)25-36)16-14-33-20-23-47-42(33)38/h2-24,26H,25H2,1H3. The summed E-state index contributed by atoms with van der Waals surface area (Å²) in [7, 11) is 0. The molecule has 0 N–H and O–H groups in total. The number of rotatable bonds is 5. The van der Waals surface area contributed by atoms with E-state index in [2.05, 4.69) is 133 Å². The fraction of sp³-hybridized carbons (Fsp3) is 0.0465. The molecule has 4 heteroatoms. The van der Waals surface area contributed by atoms with Gasteiger partial charge in [0, 0.05) is 34.6 Å². The number of fused-ring (bicyclic) bond motifs is 5. The van der Waals surface area contributed by atoms with Gasteiger partial charge in [0.15, 0.2) is 5.82 Å². The molecule has 0 saturated carbocycles. The molecule has 0 atom stereocenters. The van der Waals surface area contributed by atoms with Crippen LogP contribution in [0.15, 0.2) is 139 Å². The van der Waals surface area contributed by atoms with Crippen molar-refractivity contribution in [2.45, 2.75) is 13.3 Å². The van der Waals surface area contributed by atoms with Crippen LogP contribution in [0.1, 0.15) is 22.4 Å². The molecule has 0 saturated heterocycles. The van der Waals surface area contributed by atoms with Gasteiger partial charge in [0.1, 0.15) is 0 Å². The fourth-order valence-corrected chi connectivity index (χ4v) is 7.59. The molecular formula is C43H29N3S. The number of allylic oxidation sites excluding steroid dienone is 1. The molecule has 3 nitrogen and oxygen atoms in total. The van der Waals surface area contributed by atoms with Crippen LogP contribution >= 0.6 is 11.3 Å². The summed E-state index contributed by atoms with van der Waals surface area (Å²) in [6, 6.07) is 43.4. The second-order valence-corrected chi connectivity index (χ2v) is 13.1. The molecule has 5 aromatic carbocycles. The number of aromatic nitrogens is 3. The molecule has 1 aliphatic carbocycles. The lowest BCUT2D eigenvalue weighted by Gasteiger charge is -2.11. The second-order valence-electron chi connectivity index (χ2n) is 12.2. The third kappa shape index (κ3) is 5.04. The van der Waals surface area contributed by atoms with Crippen molar-refractivity contribution in [3.05, 3.63) is 161 Å². The lowest BCUT2D eigenvalue weighted by Crippen LogP contribution is -1.99. The molecule has 3 heterocycles. The summed E-state index contributed by atoms with van der Waals surface area (Å²) < 4.78 is 1.36. The number of pyridine rings is 1. The molecule has 47 heavy (non-hydrogen) atoms. The van der Waals surface area contributed by atoms with Gasteiger partial charge in [0.05, 0.1) is 11.4 Å². The summed E-state index contributed by atoms with van der Waals surface area (Å²) >= 11 is 1.82. The third-order valence-corrected chi connectivity index (χ3v) is 10.2. The van der Waals surface area contributed by atoms with Crippen LogP contribution in [0.25, 0.3) is 77.4 Å². The van der Waals surface area contributed by atoms with Crippen molar-refractivity contribution >= 4 is 43.8 Å². The zero-order chi connectivity index (χ0) is 31.3. The van der Waals surface area contributed by atoms with Crippen LogP contribution in [0.4, 0.5) is 0 Å². The Bertz CT molecular complexity index is 2460. The molecule has 1 aliphatic rings. The van der Waals surface area contributed by atoms with E-state index in [-0.39, 0.29) is 0 Å². The summed E-state index contributed by atoms with van der Waals surface area (Å²) in [6.07, 6.45) is 6.81.